The third kappa shape index (κ3) is 4.97. The molecule has 0 aliphatic heterocycles. The minimum Gasteiger partial charge on any atom is -0.345 e. The van der Waals surface area contributed by atoms with Gasteiger partial charge in [0.1, 0.15) is 0 Å². The van der Waals surface area contributed by atoms with Gasteiger partial charge in [-0.05, 0) is 42.0 Å². The van der Waals surface area contributed by atoms with Gasteiger partial charge in [-0.3, -0.25) is 4.79 Å². The van der Waals surface area contributed by atoms with Crippen molar-refractivity contribution in [2.45, 2.75) is 13.0 Å². The lowest BCUT2D eigenvalue weighted by molar-refractivity contribution is 0.0827. The lowest BCUT2D eigenvalue weighted by Crippen LogP contribution is -2.23. The Morgan fingerprint density at radius 1 is 1.16 bits per heavy atom. The summed E-state index contributed by atoms with van der Waals surface area (Å²) < 4.78 is 0. The van der Waals surface area contributed by atoms with E-state index in [0.29, 0.717) is 23.6 Å². The highest BCUT2D eigenvalue weighted by atomic mass is 35.5. The van der Waals surface area contributed by atoms with Crippen LogP contribution in [0.15, 0.2) is 73.5 Å². The Kier molecular flexibility index (Phi) is 6.43. The summed E-state index contributed by atoms with van der Waals surface area (Å²) >= 11 is 6.10. The summed E-state index contributed by atoms with van der Waals surface area (Å²) in [5, 5.41) is 0.707. The molecule has 25 heavy (non-hydrogen) atoms. The zero-order valence-electron chi connectivity index (χ0n) is 14.7. The maximum atomic E-state index is 12.1. The van der Waals surface area contributed by atoms with E-state index < -0.39 is 0 Å². The van der Waals surface area contributed by atoms with Crippen molar-refractivity contribution >= 4 is 23.2 Å². The molecule has 0 bridgehead atoms. The second kappa shape index (κ2) is 8.54. The molecule has 0 saturated heterocycles. The van der Waals surface area contributed by atoms with Gasteiger partial charge in [-0.15, -0.1) is 6.58 Å². The summed E-state index contributed by atoms with van der Waals surface area (Å²) in [4.78, 5) is 15.7. The normalized spacial score (nSPS) is 10.2. The molecule has 3 nitrogen and oxygen atoms in total. The van der Waals surface area contributed by atoms with Gasteiger partial charge in [0.05, 0.1) is 0 Å². The van der Waals surface area contributed by atoms with Crippen molar-refractivity contribution < 1.29 is 4.79 Å². The van der Waals surface area contributed by atoms with Gasteiger partial charge in [-0.2, -0.15) is 0 Å². The van der Waals surface area contributed by atoms with Crippen LogP contribution in [0.1, 0.15) is 22.3 Å². The number of rotatable bonds is 7. The molecular weight excluding hydrogens is 332 g/mol. The van der Waals surface area contributed by atoms with E-state index in [9.17, 15) is 4.79 Å². The van der Waals surface area contributed by atoms with Crippen LogP contribution in [-0.2, 0) is 6.54 Å². The summed E-state index contributed by atoms with van der Waals surface area (Å²) in [7, 11) is 3.49. The smallest absolute Gasteiger partial charge is 0.253 e. The molecule has 0 aromatic heterocycles. The fourth-order valence-electron chi connectivity index (χ4n) is 2.52. The van der Waals surface area contributed by atoms with E-state index >= 15 is 0 Å². The quantitative estimate of drug-likeness (QED) is 0.643. The Balaban J connectivity index is 2.30. The van der Waals surface area contributed by atoms with E-state index in [4.69, 9.17) is 11.6 Å². The van der Waals surface area contributed by atoms with Crippen molar-refractivity contribution in [3.8, 4) is 0 Å². The minimum absolute atomic E-state index is 0.0159. The molecule has 0 spiro atoms. The van der Waals surface area contributed by atoms with Crippen LogP contribution in [0.4, 0.5) is 5.69 Å². The maximum Gasteiger partial charge on any atom is 0.253 e. The third-order valence-corrected chi connectivity index (χ3v) is 4.06. The van der Waals surface area contributed by atoms with Gasteiger partial charge in [0.15, 0.2) is 0 Å². The molecule has 0 aliphatic rings. The first kappa shape index (κ1) is 18.8. The Morgan fingerprint density at radius 2 is 1.84 bits per heavy atom. The molecule has 1 amide bonds. The molecule has 130 valence electrons. The van der Waals surface area contributed by atoms with Gasteiger partial charge in [0.25, 0.3) is 5.91 Å². The van der Waals surface area contributed by atoms with Crippen molar-refractivity contribution in [2.75, 3.05) is 19.0 Å². The standard InChI is InChI=1S/C21H23ClN2O/c1-5-7-16(2)24(15-17-8-6-9-19(22)14-17)20-12-10-18(11-13-20)21(25)23(3)4/h5-6,8-14H,1-2,7,15H2,3-4H3. The fourth-order valence-corrected chi connectivity index (χ4v) is 2.74. The topological polar surface area (TPSA) is 23.6 Å². The molecular formula is C21H23ClN2O. The Hall–Kier alpha value is -2.52. The van der Waals surface area contributed by atoms with Gasteiger partial charge >= 0.3 is 0 Å². The first-order valence-electron chi connectivity index (χ1n) is 8.04. The average molecular weight is 355 g/mol. The van der Waals surface area contributed by atoms with E-state index in [1.54, 1.807) is 19.0 Å². The lowest BCUT2D eigenvalue weighted by atomic mass is 10.1. The zero-order valence-corrected chi connectivity index (χ0v) is 15.5. The third-order valence-electron chi connectivity index (χ3n) is 3.82. The maximum absolute atomic E-state index is 12.1. The Morgan fingerprint density at radius 3 is 2.40 bits per heavy atom. The number of benzene rings is 2. The van der Waals surface area contributed by atoms with Crippen molar-refractivity contribution in [3.05, 3.63) is 89.6 Å². The molecule has 2 aromatic rings. The molecule has 0 unspecified atom stereocenters. The number of allylic oxidation sites excluding steroid dienone is 1. The van der Waals surface area contributed by atoms with Gasteiger partial charge in [0, 0.05) is 49.0 Å². The number of carbonyl (C=O) groups is 1. The summed E-state index contributed by atoms with van der Waals surface area (Å²) in [5.74, 6) is -0.0159. The van der Waals surface area contributed by atoms with Crippen molar-refractivity contribution in [2.24, 2.45) is 0 Å². The molecule has 0 radical (unpaired) electrons. The molecule has 0 heterocycles. The molecule has 0 atom stereocenters. The van der Waals surface area contributed by atoms with Gasteiger partial charge < -0.3 is 9.80 Å². The molecule has 0 saturated carbocycles. The number of amides is 1. The molecule has 0 N–H and O–H groups in total. The highest BCUT2D eigenvalue weighted by molar-refractivity contribution is 6.30. The first-order chi connectivity index (χ1) is 11.9. The van der Waals surface area contributed by atoms with Gasteiger partial charge in [0.2, 0.25) is 0 Å². The molecule has 0 fully saturated rings. The lowest BCUT2D eigenvalue weighted by Gasteiger charge is -2.27. The molecule has 2 rings (SSSR count). The molecule has 4 heteroatoms. The highest BCUT2D eigenvalue weighted by Gasteiger charge is 2.13. The predicted octanol–water partition coefficient (Wildman–Crippen LogP) is 5.14. The van der Waals surface area contributed by atoms with E-state index in [1.807, 2.05) is 54.6 Å². The summed E-state index contributed by atoms with van der Waals surface area (Å²) in [6, 6.07) is 15.3. The summed E-state index contributed by atoms with van der Waals surface area (Å²) in [5.41, 5.74) is 3.65. The van der Waals surface area contributed by atoms with Crippen LogP contribution in [0.3, 0.4) is 0 Å². The van der Waals surface area contributed by atoms with Crippen LogP contribution in [0, 0.1) is 0 Å². The predicted molar refractivity (Wildman–Crippen MR) is 106 cm³/mol. The average Bonchev–Trinajstić information content (AvgIpc) is 2.59. The minimum atomic E-state index is -0.0159. The van der Waals surface area contributed by atoms with E-state index in [1.165, 1.54) is 0 Å². The van der Waals surface area contributed by atoms with Crippen LogP contribution in [0.2, 0.25) is 5.02 Å². The number of carbonyl (C=O) groups excluding carboxylic acids is 1. The fraction of sp³-hybridized carbons (Fsp3) is 0.190. The van der Waals surface area contributed by atoms with Gasteiger partial charge in [-0.25, -0.2) is 0 Å². The van der Waals surface area contributed by atoms with E-state index in [-0.39, 0.29) is 5.91 Å². The molecule has 2 aromatic carbocycles. The largest absolute Gasteiger partial charge is 0.345 e. The van der Waals surface area contributed by atoms with Crippen LogP contribution < -0.4 is 4.90 Å². The number of hydrogen-bond donors (Lipinski definition) is 0. The first-order valence-corrected chi connectivity index (χ1v) is 8.42. The van der Waals surface area contributed by atoms with Gasteiger partial charge in [-0.1, -0.05) is 36.4 Å². The highest BCUT2D eigenvalue weighted by Crippen LogP contribution is 2.25. The van der Waals surface area contributed by atoms with E-state index in [0.717, 1.165) is 16.9 Å². The Bertz CT molecular complexity index is 766. The van der Waals surface area contributed by atoms with E-state index in [2.05, 4.69) is 18.1 Å². The zero-order chi connectivity index (χ0) is 18.4. The molecule has 0 aliphatic carbocycles. The Labute approximate surface area is 154 Å². The van der Waals surface area contributed by atoms with Crippen LogP contribution in [-0.4, -0.2) is 24.9 Å². The van der Waals surface area contributed by atoms with Crippen LogP contribution in [0.25, 0.3) is 0 Å². The van der Waals surface area contributed by atoms with Crippen molar-refractivity contribution in [1.82, 2.24) is 4.90 Å². The van der Waals surface area contributed by atoms with Crippen molar-refractivity contribution in [1.29, 1.82) is 0 Å². The number of halogens is 1. The summed E-state index contributed by atoms with van der Waals surface area (Å²) in [6.07, 6.45) is 2.51. The van der Waals surface area contributed by atoms with Crippen molar-refractivity contribution in [3.63, 3.8) is 0 Å². The number of nitrogens with zero attached hydrogens (tertiary/aromatic N) is 2. The SMILES string of the molecule is C=CCC(=C)N(Cc1cccc(Cl)c1)c1ccc(C(=O)N(C)C)cc1. The second-order valence-corrected chi connectivity index (χ2v) is 6.46. The van der Waals surface area contributed by atoms with Crippen LogP contribution >= 0.6 is 11.6 Å². The number of hydrogen-bond acceptors (Lipinski definition) is 2. The summed E-state index contributed by atoms with van der Waals surface area (Å²) in [6.45, 7) is 8.61. The monoisotopic (exact) mass is 354 g/mol. The van der Waals surface area contributed by atoms with Crippen LogP contribution in [0.5, 0.6) is 0 Å². The second-order valence-electron chi connectivity index (χ2n) is 6.02. The number of anilines is 1.